The van der Waals surface area contributed by atoms with Gasteiger partial charge in [-0.15, -0.1) is 11.6 Å². The fourth-order valence-electron chi connectivity index (χ4n) is 1.75. The summed E-state index contributed by atoms with van der Waals surface area (Å²) in [5.74, 6) is 5.93. The lowest BCUT2D eigenvalue weighted by atomic mass is 10.1. The van der Waals surface area contributed by atoms with Crippen LogP contribution in [0.3, 0.4) is 0 Å². The first-order valence-electron chi connectivity index (χ1n) is 7.48. The van der Waals surface area contributed by atoms with Gasteiger partial charge in [-0.05, 0) is 6.42 Å². The summed E-state index contributed by atoms with van der Waals surface area (Å²) in [6, 6.07) is 0. The number of halogens is 1. The highest BCUT2D eigenvalue weighted by Crippen LogP contribution is 2.08. The van der Waals surface area contributed by atoms with E-state index in [-0.39, 0.29) is 19.0 Å². The number of alkyl halides is 1. The van der Waals surface area contributed by atoms with E-state index in [1.807, 2.05) is 0 Å². The Morgan fingerprint density at radius 2 is 1.63 bits per heavy atom. The van der Waals surface area contributed by atoms with Crippen molar-refractivity contribution in [2.24, 2.45) is 0 Å². The molecule has 0 saturated heterocycles. The number of ether oxygens (including phenoxy) is 1. The molecule has 0 aromatic rings. The largest absolute Gasteiger partial charge is 0.452 e. The third kappa shape index (κ3) is 15.3. The number of hydrogen-bond acceptors (Lipinski definition) is 2. The number of unbranched alkanes of at least 4 members (excludes halogenated alkanes) is 8. The molecule has 110 valence electrons. The maximum absolute atomic E-state index is 11.0. The van der Waals surface area contributed by atoms with E-state index in [0.29, 0.717) is 5.88 Å². The maximum Gasteiger partial charge on any atom is 0.307 e. The Balaban J connectivity index is 3.19. The van der Waals surface area contributed by atoms with E-state index in [9.17, 15) is 4.79 Å². The van der Waals surface area contributed by atoms with E-state index in [4.69, 9.17) is 16.3 Å². The maximum atomic E-state index is 11.0. The molecule has 0 aromatic carbocycles. The fraction of sp³-hybridized carbons (Fsp3) is 0.812. The van der Waals surface area contributed by atoms with E-state index in [1.54, 1.807) is 0 Å². The molecule has 0 amide bonds. The van der Waals surface area contributed by atoms with Gasteiger partial charge in [0.05, 0.1) is 6.42 Å². The number of hydrogen-bond donors (Lipinski definition) is 0. The van der Waals surface area contributed by atoms with Gasteiger partial charge in [0.25, 0.3) is 0 Å². The smallest absolute Gasteiger partial charge is 0.307 e. The lowest BCUT2D eigenvalue weighted by molar-refractivity contribution is -0.141. The van der Waals surface area contributed by atoms with Crippen molar-refractivity contribution in [2.45, 2.75) is 71.1 Å². The SMILES string of the molecule is CCCCCCCCCCC#CCOC(=O)CCCl. The Morgan fingerprint density at radius 3 is 2.26 bits per heavy atom. The Kier molecular flexibility index (Phi) is 14.8. The van der Waals surface area contributed by atoms with Crippen LogP contribution in [0.4, 0.5) is 0 Å². The van der Waals surface area contributed by atoms with E-state index >= 15 is 0 Å². The number of carbonyl (C=O) groups excluding carboxylic acids is 1. The summed E-state index contributed by atoms with van der Waals surface area (Å²) in [4.78, 5) is 11.0. The molecule has 0 spiro atoms. The number of rotatable bonds is 11. The lowest BCUT2D eigenvalue weighted by Gasteiger charge is -1.99. The normalized spacial score (nSPS) is 9.79. The van der Waals surface area contributed by atoms with Crippen LogP contribution in [0.1, 0.15) is 71.1 Å². The van der Waals surface area contributed by atoms with Crippen LogP contribution in [0.15, 0.2) is 0 Å². The van der Waals surface area contributed by atoms with Gasteiger partial charge >= 0.3 is 5.97 Å². The Hall–Kier alpha value is -0.680. The van der Waals surface area contributed by atoms with Crippen molar-refractivity contribution in [3.8, 4) is 11.8 Å². The summed E-state index contributed by atoms with van der Waals surface area (Å²) in [6.45, 7) is 2.44. The minimum Gasteiger partial charge on any atom is -0.452 e. The van der Waals surface area contributed by atoms with Gasteiger partial charge in [0.1, 0.15) is 0 Å². The van der Waals surface area contributed by atoms with Crippen LogP contribution in [0.25, 0.3) is 0 Å². The fourth-order valence-corrected chi connectivity index (χ4v) is 1.91. The molecule has 0 aliphatic heterocycles. The zero-order valence-electron chi connectivity index (χ0n) is 12.2. The predicted octanol–water partition coefficient (Wildman–Crippen LogP) is 4.69. The van der Waals surface area contributed by atoms with Crippen molar-refractivity contribution in [1.82, 2.24) is 0 Å². The monoisotopic (exact) mass is 286 g/mol. The highest BCUT2D eigenvalue weighted by molar-refractivity contribution is 6.18. The van der Waals surface area contributed by atoms with Gasteiger partial charge in [0.2, 0.25) is 0 Å². The molecule has 0 aliphatic rings. The highest BCUT2D eigenvalue weighted by Gasteiger charge is 1.98. The lowest BCUT2D eigenvalue weighted by Crippen LogP contribution is -2.04. The van der Waals surface area contributed by atoms with Crippen molar-refractivity contribution in [1.29, 1.82) is 0 Å². The van der Waals surface area contributed by atoms with Gasteiger partial charge in [-0.1, -0.05) is 63.7 Å². The molecule has 0 fully saturated rings. The average Bonchev–Trinajstić information content (AvgIpc) is 2.40. The quantitative estimate of drug-likeness (QED) is 0.238. The Bertz CT molecular complexity index is 266. The molecule has 19 heavy (non-hydrogen) atoms. The third-order valence-electron chi connectivity index (χ3n) is 2.88. The number of esters is 1. The first-order chi connectivity index (χ1) is 9.31. The molecule has 0 N–H and O–H groups in total. The summed E-state index contributed by atoms with van der Waals surface area (Å²) < 4.78 is 4.87. The molecule has 0 rings (SSSR count). The molecular formula is C16H27ClO2. The predicted molar refractivity (Wildman–Crippen MR) is 81.3 cm³/mol. The molecule has 0 bridgehead atoms. The second kappa shape index (κ2) is 15.4. The van der Waals surface area contributed by atoms with E-state index in [0.717, 1.165) is 12.8 Å². The molecule has 0 aromatic heterocycles. The van der Waals surface area contributed by atoms with Gasteiger partial charge in [-0.3, -0.25) is 4.79 Å². The zero-order chi connectivity index (χ0) is 14.2. The molecular weight excluding hydrogens is 260 g/mol. The molecule has 0 unspecified atom stereocenters. The summed E-state index contributed by atoms with van der Waals surface area (Å²) in [6.07, 6.45) is 11.7. The molecule has 0 heterocycles. The Labute approximate surface area is 123 Å². The van der Waals surface area contributed by atoms with Gasteiger partial charge in [0, 0.05) is 12.3 Å². The van der Waals surface area contributed by atoms with Crippen molar-refractivity contribution in [3.63, 3.8) is 0 Å². The molecule has 0 saturated carbocycles. The van der Waals surface area contributed by atoms with Crippen LogP contribution in [-0.4, -0.2) is 18.5 Å². The standard InChI is InChI=1S/C16H27ClO2/c1-2-3-4-5-6-7-8-9-10-11-12-15-19-16(18)13-14-17/h2-10,13-15H2,1H3. The van der Waals surface area contributed by atoms with Crippen molar-refractivity contribution >= 4 is 17.6 Å². The van der Waals surface area contributed by atoms with Crippen LogP contribution in [0.5, 0.6) is 0 Å². The van der Waals surface area contributed by atoms with Crippen LogP contribution in [0, 0.1) is 11.8 Å². The summed E-state index contributed by atoms with van der Waals surface area (Å²) >= 11 is 5.41. The second-order valence-corrected chi connectivity index (χ2v) is 5.06. The topological polar surface area (TPSA) is 26.3 Å². The third-order valence-corrected chi connectivity index (χ3v) is 3.07. The van der Waals surface area contributed by atoms with Crippen molar-refractivity contribution < 1.29 is 9.53 Å². The molecule has 0 radical (unpaired) electrons. The zero-order valence-corrected chi connectivity index (χ0v) is 12.9. The Morgan fingerprint density at radius 1 is 1.00 bits per heavy atom. The molecule has 0 aliphatic carbocycles. The van der Waals surface area contributed by atoms with Crippen LogP contribution < -0.4 is 0 Å². The summed E-state index contributed by atoms with van der Waals surface area (Å²) in [5.41, 5.74) is 0. The van der Waals surface area contributed by atoms with E-state index in [1.165, 1.54) is 44.9 Å². The van der Waals surface area contributed by atoms with Gasteiger partial charge in [-0.2, -0.15) is 0 Å². The highest BCUT2D eigenvalue weighted by atomic mass is 35.5. The van der Waals surface area contributed by atoms with Crippen LogP contribution in [-0.2, 0) is 9.53 Å². The average molecular weight is 287 g/mol. The first-order valence-corrected chi connectivity index (χ1v) is 8.02. The number of carbonyl (C=O) groups is 1. The van der Waals surface area contributed by atoms with Crippen LogP contribution >= 0.6 is 11.6 Å². The molecule has 2 nitrogen and oxygen atoms in total. The van der Waals surface area contributed by atoms with Gasteiger partial charge < -0.3 is 4.74 Å². The van der Waals surface area contributed by atoms with E-state index < -0.39 is 0 Å². The van der Waals surface area contributed by atoms with Crippen LogP contribution in [0.2, 0.25) is 0 Å². The summed E-state index contributed by atoms with van der Waals surface area (Å²) in [5, 5.41) is 0. The van der Waals surface area contributed by atoms with Crippen molar-refractivity contribution in [3.05, 3.63) is 0 Å². The van der Waals surface area contributed by atoms with Gasteiger partial charge in [-0.25, -0.2) is 0 Å². The summed E-state index contributed by atoms with van der Waals surface area (Å²) in [7, 11) is 0. The molecule has 3 heteroatoms. The van der Waals surface area contributed by atoms with Crippen molar-refractivity contribution in [2.75, 3.05) is 12.5 Å². The minimum atomic E-state index is -0.267. The minimum absolute atomic E-state index is 0.201. The van der Waals surface area contributed by atoms with Gasteiger partial charge in [0.15, 0.2) is 6.61 Å². The van der Waals surface area contributed by atoms with E-state index in [2.05, 4.69) is 18.8 Å². The first kappa shape index (κ1) is 18.3. The second-order valence-electron chi connectivity index (χ2n) is 4.68. The molecule has 0 atom stereocenters.